The first-order valence-electron chi connectivity index (χ1n) is 10.7. The van der Waals surface area contributed by atoms with E-state index in [0.717, 1.165) is 36.6 Å². The van der Waals surface area contributed by atoms with Crippen LogP contribution in [0.3, 0.4) is 0 Å². The summed E-state index contributed by atoms with van der Waals surface area (Å²) in [4.78, 5) is 23.1. The lowest BCUT2D eigenvalue weighted by Crippen LogP contribution is -2.33. The number of para-hydroxylation sites is 1. The molecule has 164 valence electrons. The molecule has 0 spiro atoms. The minimum Gasteiger partial charge on any atom is -0.482 e. The molecule has 1 aliphatic heterocycles. The van der Waals surface area contributed by atoms with Gasteiger partial charge in [-0.25, -0.2) is 4.79 Å². The summed E-state index contributed by atoms with van der Waals surface area (Å²) in [7, 11) is 0. The Morgan fingerprint density at radius 1 is 1.10 bits per heavy atom. The average molecular weight is 423 g/mol. The Bertz CT molecular complexity index is 1100. The second kappa shape index (κ2) is 9.82. The van der Waals surface area contributed by atoms with Crippen LogP contribution in [0.2, 0.25) is 0 Å². The van der Waals surface area contributed by atoms with E-state index < -0.39 is 5.60 Å². The Kier molecular flexibility index (Phi) is 7.16. The summed E-state index contributed by atoms with van der Waals surface area (Å²) in [6.45, 7) is 7.91. The first-order chi connectivity index (χ1) is 14.8. The summed E-state index contributed by atoms with van der Waals surface area (Å²) < 4.78 is 16.7. The van der Waals surface area contributed by atoms with Gasteiger partial charge in [-0.1, -0.05) is 29.9 Å². The molecule has 0 radical (unpaired) electrons. The molecule has 0 saturated heterocycles. The van der Waals surface area contributed by atoms with Crippen LogP contribution in [0.5, 0.6) is 5.75 Å². The van der Waals surface area contributed by atoms with Gasteiger partial charge in [0.25, 0.3) is 0 Å². The fourth-order valence-electron chi connectivity index (χ4n) is 3.58. The number of ether oxygens (including phenoxy) is 2. The number of hydrogen-bond donors (Lipinski definition) is 0. The maximum absolute atomic E-state index is 12.3. The van der Waals surface area contributed by atoms with Crippen molar-refractivity contribution >= 4 is 23.0 Å². The van der Waals surface area contributed by atoms with Crippen LogP contribution < -0.4 is 10.4 Å². The third kappa shape index (κ3) is 5.97. The van der Waals surface area contributed by atoms with E-state index in [4.69, 9.17) is 13.9 Å². The van der Waals surface area contributed by atoms with E-state index in [1.807, 2.05) is 44.2 Å². The number of rotatable bonds is 8. The lowest BCUT2D eigenvalue weighted by molar-refractivity contribution is -0.139. The van der Waals surface area contributed by atoms with Gasteiger partial charge in [0.15, 0.2) is 0 Å². The molecule has 0 unspecified atom stereocenters. The number of allylic oxidation sites excluding steroid dienone is 3. The van der Waals surface area contributed by atoms with Crippen LogP contribution in [0.25, 0.3) is 17.0 Å². The van der Waals surface area contributed by atoms with Crippen molar-refractivity contribution in [3.8, 4) is 5.75 Å². The number of fused-ring (bicyclic) bond motifs is 3. The van der Waals surface area contributed by atoms with Crippen LogP contribution in [0.15, 0.2) is 62.9 Å². The number of esters is 1. The van der Waals surface area contributed by atoms with E-state index in [9.17, 15) is 9.59 Å². The van der Waals surface area contributed by atoms with Crippen molar-refractivity contribution in [1.29, 1.82) is 0 Å². The fraction of sp³-hybridized carbons (Fsp3) is 0.385. The zero-order chi connectivity index (χ0) is 22.4. The maximum atomic E-state index is 12.3. The van der Waals surface area contributed by atoms with E-state index >= 15 is 0 Å². The van der Waals surface area contributed by atoms with E-state index in [1.54, 1.807) is 6.07 Å². The normalized spacial score (nSPS) is 18.6. The number of benzene rings is 1. The predicted octanol–water partition coefficient (Wildman–Crippen LogP) is 5.97. The molecular weight excluding hydrogens is 392 g/mol. The highest BCUT2D eigenvalue weighted by Gasteiger charge is 2.29. The van der Waals surface area contributed by atoms with Crippen molar-refractivity contribution in [2.24, 2.45) is 0 Å². The molecule has 2 heterocycles. The van der Waals surface area contributed by atoms with Crippen LogP contribution in [0.4, 0.5) is 0 Å². The van der Waals surface area contributed by atoms with Gasteiger partial charge in [-0.2, -0.15) is 0 Å². The molecule has 5 heteroatoms. The zero-order valence-electron chi connectivity index (χ0n) is 18.7. The van der Waals surface area contributed by atoms with Gasteiger partial charge < -0.3 is 13.9 Å². The van der Waals surface area contributed by atoms with Gasteiger partial charge in [-0.05, 0) is 76.3 Å². The highest BCUT2D eigenvalue weighted by atomic mass is 16.5. The lowest BCUT2D eigenvalue weighted by Gasteiger charge is -2.31. The molecule has 0 amide bonds. The maximum Gasteiger partial charge on any atom is 0.347 e. The second-order valence-electron chi connectivity index (χ2n) is 8.34. The van der Waals surface area contributed by atoms with Gasteiger partial charge >= 0.3 is 11.6 Å². The van der Waals surface area contributed by atoms with Crippen molar-refractivity contribution in [2.75, 3.05) is 6.61 Å². The molecule has 0 N–H and O–H groups in total. The summed E-state index contributed by atoms with van der Waals surface area (Å²) >= 11 is 0. The summed E-state index contributed by atoms with van der Waals surface area (Å²) in [5, 5.41) is 0.815. The molecular formula is C26H30O5. The highest BCUT2D eigenvalue weighted by Crippen LogP contribution is 2.37. The zero-order valence-corrected chi connectivity index (χ0v) is 18.7. The van der Waals surface area contributed by atoms with Crippen LogP contribution in [0, 0.1) is 0 Å². The average Bonchev–Trinajstić information content (AvgIpc) is 2.72. The van der Waals surface area contributed by atoms with Crippen molar-refractivity contribution in [1.82, 2.24) is 0 Å². The Morgan fingerprint density at radius 3 is 2.61 bits per heavy atom. The Morgan fingerprint density at radius 2 is 1.84 bits per heavy atom. The first kappa shape index (κ1) is 22.6. The second-order valence-corrected chi connectivity index (χ2v) is 8.34. The monoisotopic (exact) mass is 422 g/mol. The van der Waals surface area contributed by atoms with Gasteiger partial charge in [0, 0.05) is 6.92 Å². The van der Waals surface area contributed by atoms with Crippen LogP contribution in [0.1, 0.15) is 58.9 Å². The quantitative estimate of drug-likeness (QED) is 0.298. The number of hydrogen-bond acceptors (Lipinski definition) is 5. The Hall–Kier alpha value is -3.08. The van der Waals surface area contributed by atoms with E-state index in [-0.39, 0.29) is 11.6 Å². The molecule has 1 aromatic heterocycles. The molecule has 1 aromatic carbocycles. The SMILES string of the molecule is CC(=O)OC/C(C)=C\CC/C(C)=C/CC[C@]1(C)C=Cc2c(c3ccccc3oc2=O)O1. The van der Waals surface area contributed by atoms with Gasteiger partial charge in [-0.15, -0.1) is 0 Å². The van der Waals surface area contributed by atoms with Crippen molar-refractivity contribution in [2.45, 2.75) is 59.0 Å². The molecule has 2 aromatic rings. The lowest BCUT2D eigenvalue weighted by atomic mass is 9.94. The van der Waals surface area contributed by atoms with Crippen LogP contribution >= 0.6 is 0 Å². The molecule has 1 aliphatic rings. The van der Waals surface area contributed by atoms with Crippen molar-refractivity contribution < 1.29 is 18.7 Å². The van der Waals surface area contributed by atoms with Crippen LogP contribution in [-0.4, -0.2) is 18.2 Å². The van der Waals surface area contributed by atoms with E-state index in [2.05, 4.69) is 19.1 Å². The van der Waals surface area contributed by atoms with E-state index in [0.29, 0.717) is 23.5 Å². The number of carbonyl (C=O) groups is 1. The van der Waals surface area contributed by atoms with E-state index in [1.165, 1.54) is 12.5 Å². The summed E-state index contributed by atoms with van der Waals surface area (Å²) in [6, 6.07) is 7.45. The third-order valence-corrected chi connectivity index (χ3v) is 5.40. The van der Waals surface area contributed by atoms with Gasteiger partial charge in [-0.3, -0.25) is 4.79 Å². The van der Waals surface area contributed by atoms with Gasteiger partial charge in [0.2, 0.25) is 0 Å². The molecule has 0 bridgehead atoms. The Labute approximate surface area is 183 Å². The summed E-state index contributed by atoms with van der Waals surface area (Å²) in [5.41, 5.74) is 2.52. The molecule has 31 heavy (non-hydrogen) atoms. The Balaban J connectivity index is 1.59. The molecule has 3 rings (SSSR count). The molecule has 1 atom stereocenters. The summed E-state index contributed by atoms with van der Waals surface area (Å²) in [6.07, 6.45) is 11.7. The van der Waals surface area contributed by atoms with Crippen molar-refractivity contribution in [3.63, 3.8) is 0 Å². The predicted molar refractivity (Wildman–Crippen MR) is 123 cm³/mol. The minimum absolute atomic E-state index is 0.257. The van der Waals surface area contributed by atoms with Crippen LogP contribution in [-0.2, 0) is 9.53 Å². The highest BCUT2D eigenvalue weighted by molar-refractivity contribution is 5.87. The minimum atomic E-state index is -0.485. The molecule has 0 fully saturated rings. The van der Waals surface area contributed by atoms with Gasteiger partial charge in [0.05, 0.1) is 5.39 Å². The standard InChI is InChI=1S/C26H30O5/c1-18(9-7-10-19(2)17-29-20(3)27)11-8-15-26(4)16-14-22-24(31-26)21-12-5-6-13-23(21)30-25(22)28/h5-6,10-14,16H,7-9,15,17H2,1-4H3/b18-11+,19-10-/t26-/m1/s1. The number of carbonyl (C=O) groups excluding carboxylic acids is 1. The third-order valence-electron chi connectivity index (χ3n) is 5.40. The summed E-state index contributed by atoms with van der Waals surface area (Å²) in [5.74, 6) is 0.346. The fourth-order valence-corrected chi connectivity index (χ4v) is 3.58. The molecule has 0 saturated carbocycles. The largest absolute Gasteiger partial charge is 0.482 e. The molecule has 5 nitrogen and oxygen atoms in total. The smallest absolute Gasteiger partial charge is 0.347 e. The molecule has 0 aliphatic carbocycles. The first-order valence-corrected chi connectivity index (χ1v) is 10.7. The van der Waals surface area contributed by atoms with Crippen molar-refractivity contribution in [3.05, 3.63) is 69.6 Å². The topological polar surface area (TPSA) is 65.7 Å². The van der Waals surface area contributed by atoms with Gasteiger partial charge in [0.1, 0.15) is 29.1 Å².